The molecule has 0 aromatic rings. The average Bonchev–Trinajstić information content (AvgIpc) is 2.46. The summed E-state index contributed by atoms with van der Waals surface area (Å²) in [6.07, 6.45) is 12.0. The second-order valence-corrected chi connectivity index (χ2v) is 6.34. The Morgan fingerprint density at radius 1 is 1.06 bits per heavy atom. The summed E-state index contributed by atoms with van der Waals surface area (Å²) in [7, 11) is 0. The molecule has 0 aromatic carbocycles. The van der Waals surface area contributed by atoms with Crippen molar-refractivity contribution in [1.29, 1.82) is 0 Å². The molecule has 0 aromatic heterocycles. The maximum Gasteiger partial charge on any atom is 0.0692 e. The molecule has 1 saturated heterocycles. The van der Waals surface area contributed by atoms with Crippen molar-refractivity contribution < 1.29 is 4.74 Å². The van der Waals surface area contributed by atoms with Crippen LogP contribution in [0.15, 0.2) is 0 Å². The Bertz CT molecular complexity index is 231. The Balaban J connectivity index is 1.75. The van der Waals surface area contributed by atoms with Gasteiger partial charge in [0.15, 0.2) is 0 Å². The van der Waals surface area contributed by atoms with Crippen LogP contribution >= 0.6 is 0 Å². The molecule has 1 saturated carbocycles. The highest BCUT2D eigenvalue weighted by Crippen LogP contribution is 2.31. The monoisotopic (exact) mass is 253 g/mol. The molecule has 2 nitrogen and oxygen atoms in total. The van der Waals surface area contributed by atoms with Crippen LogP contribution in [0.2, 0.25) is 0 Å². The van der Waals surface area contributed by atoms with E-state index in [1.54, 1.807) is 0 Å². The van der Waals surface area contributed by atoms with Crippen LogP contribution in [0.25, 0.3) is 0 Å². The van der Waals surface area contributed by atoms with E-state index in [0.717, 1.165) is 25.4 Å². The molecule has 0 spiro atoms. The largest absolute Gasteiger partial charge is 0.375 e. The van der Waals surface area contributed by atoms with E-state index >= 15 is 0 Å². The summed E-state index contributed by atoms with van der Waals surface area (Å²) in [5, 5.41) is 3.83. The smallest absolute Gasteiger partial charge is 0.0692 e. The first-order valence-corrected chi connectivity index (χ1v) is 8.15. The molecule has 0 bridgehead atoms. The van der Waals surface area contributed by atoms with Gasteiger partial charge in [0.25, 0.3) is 0 Å². The van der Waals surface area contributed by atoms with Crippen LogP contribution < -0.4 is 5.32 Å². The molecule has 1 unspecified atom stereocenters. The molecule has 0 amide bonds. The first-order valence-electron chi connectivity index (χ1n) is 8.15. The first kappa shape index (κ1) is 14.3. The third-order valence-electron chi connectivity index (χ3n) is 5.20. The van der Waals surface area contributed by atoms with Crippen LogP contribution in [0.3, 0.4) is 0 Å². The third kappa shape index (κ3) is 3.71. The van der Waals surface area contributed by atoms with Gasteiger partial charge in [-0.05, 0) is 51.0 Å². The van der Waals surface area contributed by atoms with Crippen molar-refractivity contribution in [2.75, 3.05) is 13.2 Å². The topological polar surface area (TPSA) is 21.3 Å². The maximum absolute atomic E-state index is 6.05. The van der Waals surface area contributed by atoms with Crippen molar-refractivity contribution in [3.05, 3.63) is 0 Å². The normalized spacial score (nSPS) is 29.3. The third-order valence-corrected chi connectivity index (χ3v) is 5.20. The lowest BCUT2D eigenvalue weighted by molar-refractivity contribution is -0.0933. The molecule has 0 radical (unpaired) electrons. The van der Waals surface area contributed by atoms with Gasteiger partial charge in [-0.3, -0.25) is 0 Å². The van der Waals surface area contributed by atoms with E-state index in [2.05, 4.69) is 19.2 Å². The fraction of sp³-hybridized carbons (Fsp3) is 1.00. The highest BCUT2D eigenvalue weighted by atomic mass is 16.5. The van der Waals surface area contributed by atoms with Crippen molar-refractivity contribution in [1.82, 2.24) is 5.32 Å². The second kappa shape index (κ2) is 6.91. The molecule has 1 heterocycles. The summed E-state index contributed by atoms with van der Waals surface area (Å²) >= 11 is 0. The summed E-state index contributed by atoms with van der Waals surface area (Å²) in [5.74, 6) is 0.944. The number of hydrogen-bond acceptors (Lipinski definition) is 2. The molecule has 106 valence electrons. The standard InChI is InChI=1S/C16H31NO/c1-3-16(4-2)12-15(10-11-18-16)17-13-14-8-6-5-7-9-14/h14-15,17H,3-13H2,1-2H3. The van der Waals surface area contributed by atoms with Crippen LogP contribution in [-0.2, 0) is 4.74 Å². The predicted octanol–water partition coefficient (Wildman–Crippen LogP) is 3.89. The van der Waals surface area contributed by atoms with Gasteiger partial charge in [0.1, 0.15) is 0 Å². The highest BCUT2D eigenvalue weighted by Gasteiger charge is 2.34. The quantitative estimate of drug-likeness (QED) is 0.802. The fourth-order valence-corrected chi connectivity index (χ4v) is 3.67. The van der Waals surface area contributed by atoms with E-state index in [4.69, 9.17) is 4.74 Å². The van der Waals surface area contributed by atoms with E-state index in [1.807, 2.05) is 0 Å². The van der Waals surface area contributed by atoms with Gasteiger partial charge in [-0.2, -0.15) is 0 Å². The number of rotatable bonds is 5. The SMILES string of the molecule is CCC1(CC)CC(NCC2CCCCC2)CCO1. The summed E-state index contributed by atoms with van der Waals surface area (Å²) < 4.78 is 6.05. The summed E-state index contributed by atoms with van der Waals surface area (Å²) in [5.41, 5.74) is 0.169. The number of ether oxygens (including phenoxy) is 1. The van der Waals surface area contributed by atoms with Gasteiger partial charge in [-0.1, -0.05) is 33.1 Å². The zero-order valence-corrected chi connectivity index (χ0v) is 12.3. The Labute approximate surface area is 113 Å². The van der Waals surface area contributed by atoms with E-state index in [9.17, 15) is 0 Å². The molecule has 2 rings (SSSR count). The Morgan fingerprint density at radius 2 is 1.78 bits per heavy atom. The molecule has 1 aliphatic heterocycles. The maximum atomic E-state index is 6.05. The molecule has 2 heteroatoms. The van der Waals surface area contributed by atoms with Crippen LogP contribution in [-0.4, -0.2) is 24.8 Å². The molecule has 18 heavy (non-hydrogen) atoms. The van der Waals surface area contributed by atoms with E-state index in [1.165, 1.54) is 51.5 Å². The summed E-state index contributed by atoms with van der Waals surface area (Å²) in [6, 6.07) is 0.695. The van der Waals surface area contributed by atoms with Crippen LogP contribution in [0.4, 0.5) is 0 Å². The minimum absolute atomic E-state index is 0.169. The van der Waals surface area contributed by atoms with Crippen molar-refractivity contribution in [2.24, 2.45) is 5.92 Å². The molecule has 2 fully saturated rings. The molecule has 1 atom stereocenters. The lowest BCUT2D eigenvalue weighted by Crippen LogP contribution is -2.47. The Kier molecular flexibility index (Phi) is 5.50. The molecule has 1 N–H and O–H groups in total. The molecular formula is C16H31NO. The lowest BCUT2D eigenvalue weighted by Gasteiger charge is -2.41. The predicted molar refractivity (Wildman–Crippen MR) is 76.9 cm³/mol. The van der Waals surface area contributed by atoms with Crippen molar-refractivity contribution in [3.8, 4) is 0 Å². The molecular weight excluding hydrogens is 222 g/mol. The molecule has 2 aliphatic rings. The van der Waals surface area contributed by atoms with Crippen LogP contribution in [0, 0.1) is 5.92 Å². The van der Waals surface area contributed by atoms with E-state index < -0.39 is 0 Å². The summed E-state index contributed by atoms with van der Waals surface area (Å²) in [4.78, 5) is 0. The minimum Gasteiger partial charge on any atom is -0.375 e. The van der Waals surface area contributed by atoms with Gasteiger partial charge in [0, 0.05) is 12.6 Å². The van der Waals surface area contributed by atoms with Crippen molar-refractivity contribution >= 4 is 0 Å². The van der Waals surface area contributed by atoms with Crippen molar-refractivity contribution in [2.45, 2.75) is 83.3 Å². The van der Waals surface area contributed by atoms with Gasteiger partial charge >= 0.3 is 0 Å². The fourth-order valence-electron chi connectivity index (χ4n) is 3.67. The van der Waals surface area contributed by atoms with Gasteiger partial charge in [0.05, 0.1) is 5.60 Å². The summed E-state index contributed by atoms with van der Waals surface area (Å²) in [6.45, 7) is 6.73. The van der Waals surface area contributed by atoms with E-state index in [-0.39, 0.29) is 5.60 Å². The molecule has 1 aliphatic carbocycles. The average molecular weight is 253 g/mol. The van der Waals surface area contributed by atoms with Gasteiger partial charge in [-0.15, -0.1) is 0 Å². The minimum atomic E-state index is 0.169. The zero-order chi connectivity index (χ0) is 12.8. The van der Waals surface area contributed by atoms with Gasteiger partial charge in [-0.25, -0.2) is 0 Å². The number of hydrogen-bond donors (Lipinski definition) is 1. The first-order chi connectivity index (χ1) is 8.78. The lowest BCUT2D eigenvalue weighted by atomic mass is 9.85. The zero-order valence-electron chi connectivity index (χ0n) is 12.3. The van der Waals surface area contributed by atoms with Crippen molar-refractivity contribution in [3.63, 3.8) is 0 Å². The number of nitrogens with one attached hydrogen (secondary N) is 1. The highest BCUT2D eigenvalue weighted by molar-refractivity contribution is 4.88. The van der Waals surface area contributed by atoms with E-state index in [0.29, 0.717) is 6.04 Å². The van der Waals surface area contributed by atoms with Crippen LogP contribution in [0.5, 0.6) is 0 Å². The van der Waals surface area contributed by atoms with Crippen LogP contribution in [0.1, 0.15) is 71.6 Å². The Morgan fingerprint density at radius 3 is 2.44 bits per heavy atom. The van der Waals surface area contributed by atoms with Gasteiger partial charge in [0.2, 0.25) is 0 Å². The van der Waals surface area contributed by atoms with Gasteiger partial charge < -0.3 is 10.1 Å². The second-order valence-electron chi connectivity index (χ2n) is 6.34. The Hall–Kier alpha value is -0.0800.